The third kappa shape index (κ3) is 3.71. The van der Waals surface area contributed by atoms with Crippen LogP contribution in [0.15, 0.2) is 24.4 Å². The summed E-state index contributed by atoms with van der Waals surface area (Å²) < 4.78 is 0. The van der Waals surface area contributed by atoms with Crippen LogP contribution in [0.3, 0.4) is 0 Å². The van der Waals surface area contributed by atoms with Gasteiger partial charge in [0.1, 0.15) is 6.04 Å². The molecule has 2 N–H and O–H groups in total. The first kappa shape index (κ1) is 20.8. The monoisotopic (exact) mass is 444 g/mol. The van der Waals surface area contributed by atoms with Gasteiger partial charge in [-0.2, -0.15) is 0 Å². The van der Waals surface area contributed by atoms with E-state index < -0.39 is 11.9 Å². The molecular weight excluding hydrogens is 416 g/mol. The van der Waals surface area contributed by atoms with Gasteiger partial charge in [0.15, 0.2) is 0 Å². The number of hydrogen-bond donors (Lipinski definition) is 2. The highest BCUT2D eigenvalue weighted by molar-refractivity contribution is 8.00. The maximum absolute atomic E-state index is 13.7. The van der Waals surface area contributed by atoms with Crippen molar-refractivity contribution in [2.45, 2.75) is 56.7 Å². The molecule has 1 unspecified atom stereocenters. The van der Waals surface area contributed by atoms with Crippen molar-refractivity contribution in [1.82, 2.24) is 20.3 Å². The predicted octanol–water partition coefficient (Wildman–Crippen LogP) is 2.42. The summed E-state index contributed by atoms with van der Waals surface area (Å²) in [6.07, 6.45) is 8.19. The van der Waals surface area contributed by atoms with Crippen molar-refractivity contribution in [2.24, 2.45) is 17.8 Å². The van der Waals surface area contributed by atoms with Gasteiger partial charge >= 0.3 is 6.03 Å². The van der Waals surface area contributed by atoms with Crippen LogP contribution in [0.2, 0.25) is 0 Å². The number of thioether (sulfide) groups is 1. The summed E-state index contributed by atoms with van der Waals surface area (Å²) in [4.78, 5) is 46.3. The van der Waals surface area contributed by atoms with E-state index in [4.69, 9.17) is 5.21 Å². The lowest BCUT2D eigenvalue weighted by Gasteiger charge is -2.58. The van der Waals surface area contributed by atoms with Crippen LogP contribution in [0.25, 0.3) is 0 Å². The summed E-state index contributed by atoms with van der Waals surface area (Å²) in [7, 11) is 0. The lowest BCUT2D eigenvalue weighted by molar-refractivity contribution is -0.140. The van der Waals surface area contributed by atoms with Crippen molar-refractivity contribution in [3.63, 3.8) is 0 Å². The van der Waals surface area contributed by atoms with Crippen LogP contribution in [0, 0.1) is 17.8 Å². The molecule has 6 rings (SSSR count). The van der Waals surface area contributed by atoms with E-state index in [1.807, 2.05) is 18.2 Å². The Morgan fingerprint density at radius 2 is 1.84 bits per heavy atom. The predicted molar refractivity (Wildman–Crippen MR) is 114 cm³/mol. The zero-order valence-corrected chi connectivity index (χ0v) is 18.2. The molecule has 4 bridgehead atoms. The molecule has 4 amide bonds. The van der Waals surface area contributed by atoms with E-state index in [9.17, 15) is 14.4 Å². The number of aromatic nitrogens is 1. The molecule has 5 aliphatic rings. The van der Waals surface area contributed by atoms with E-state index in [1.54, 1.807) is 21.5 Å². The molecular formula is C22H28N4O4S. The van der Waals surface area contributed by atoms with E-state index >= 15 is 0 Å². The van der Waals surface area contributed by atoms with Crippen molar-refractivity contribution in [3.05, 3.63) is 30.1 Å². The Bertz CT molecular complexity index is 844. The van der Waals surface area contributed by atoms with Gasteiger partial charge in [0.2, 0.25) is 0 Å². The molecule has 0 radical (unpaired) electrons. The van der Waals surface area contributed by atoms with Crippen LogP contribution >= 0.6 is 11.8 Å². The second kappa shape index (κ2) is 8.09. The number of pyridine rings is 1. The van der Waals surface area contributed by atoms with Gasteiger partial charge in [-0.25, -0.2) is 10.3 Å². The molecule has 1 aromatic heterocycles. The van der Waals surface area contributed by atoms with Gasteiger partial charge in [-0.15, -0.1) is 11.8 Å². The summed E-state index contributed by atoms with van der Waals surface area (Å²) >= 11 is 1.25. The van der Waals surface area contributed by atoms with Crippen molar-refractivity contribution in [2.75, 3.05) is 11.5 Å². The van der Waals surface area contributed by atoms with Gasteiger partial charge in [0.25, 0.3) is 11.8 Å². The van der Waals surface area contributed by atoms with Gasteiger partial charge in [0.05, 0.1) is 23.5 Å². The van der Waals surface area contributed by atoms with Crippen molar-refractivity contribution in [3.8, 4) is 0 Å². The van der Waals surface area contributed by atoms with Crippen LogP contribution in [-0.4, -0.2) is 60.9 Å². The molecule has 1 atom stereocenters. The van der Waals surface area contributed by atoms with Crippen molar-refractivity contribution >= 4 is 29.6 Å². The Morgan fingerprint density at radius 1 is 1.16 bits per heavy atom. The highest BCUT2D eigenvalue weighted by Crippen LogP contribution is 2.58. The maximum Gasteiger partial charge on any atom is 0.328 e. The van der Waals surface area contributed by atoms with E-state index in [0.29, 0.717) is 23.5 Å². The molecule has 1 aromatic rings. The van der Waals surface area contributed by atoms with Gasteiger partial charge in [0, 0.05) is 11.9 Å². The fourth-order valence-corrected chi connectivity index (χ4v) is 7.63. The first-order valence-electron chi connectivity index (χ1n) is 11.0. The lowest BCUT2D eigenvalue weighted by Crippen LogP contribution is -2.62. The average Bonchev–Trinajstić information content (AvgIpc) is 2.97. The molecule has 8 nitrogen and oxygen atoms in total. The first-order valence-corrected chi connectivity index (χ1v) is 12.2. The molecule has 1 saturated heterocycles. The topological polar surface area (TPSA) is 103 Å². The smallest absolute Gasteiger partial charge is 0.305 e. The van der Waals surface area contributed by atoms with E-state index in [1.165, 1.54) is 31.0 Å². The quantitative estimate of drug-likeness (QED) is 0.380. The number of urea groups is 1. The molecule has 9 heteroatoms. The molecule has 2 heterocycles. The molecule has 31 heavy (non-hydrogen) atoms. The number of imide groups is 1. The second-order valence-electron chi connectivity index (χ2n) is 9.61. The molecule has 1 aliphatic heterocycles. The Balaban J connectivity index is 1.41. The van der Waals surface area contributed by atoms with Crippen molar-refractivity contribution < 1.29 is 19.6 Å². The van der Waals surface area contributed by atoms with Crippen LogP contribution in [-0.2, 0) is 16.1 Å². The fraction of sp³-hybridized carbons (Fsp3) is 0.636. The highest BCUT2D eigenvalue weighted by atomic mass is 32.2. The van der Waals surface area contributed by atoms with Gasteiger partial charge in [-0.05, 0) is 68.4 Å². The van der Waals surface area contributed by atoms with Gasteiger partial charge in [-0.1, -0.05) is 6.07 Å². The second-order valence-corrected chi connectivity index (χ2v) is 10.6. The van der Waals surface area contributed by atoms with Gasteiger partial charge < -0.3 is 4.90 Å². The standard InChI is InChI=1S/C22H28N4O4S/c27-19(24-30)13-31-12-18-20(28)26(21(29)25(18)11-17-3-1-2-4-23-17)22-8-14-5-15(9-22)7-16(6-14)10-22/h1-4,14-16,18,30H,5-13H2,(H,24,27). The minimum atomic E-state index is -0.626. The number of carbonyl (C=O) groups excluding carboxylic acids is 3. The Morgan fingerprint density at radius 3 is 2.42 bits per heavy atom. The summed E-state index contributed by atoms with van der Waals surface area (Å²) in [6.45, 7) is 0.270. The minimum Gasteiger partial charge on any atom is -0.305 e. The molecule has 4 aliphatic carbocycles. The third-order valence-electron chi connectivity index (χ3n) is 7.49. The van der Waals surface area contributed by atoms with Crippen LogP contribution in [0.1, 0.15) is 44.2 Å². The lowest BCUT2D eigenvalue weighted by atomic mass is 9.52. The normalized spacial score (nSPS) is 34.0. The maximum atomic E-state index is 13.7. The largest absolute Gasteiger partial charge is 0.328 e. The number of carbonyl (C=O) groups is 3. The summed E-state index contributed by atoms with van der Waals surface area (Å²) in [5.41, 5.74) is 2.01. The van der Waals surface area contributed by atoms with E-state index in [2.05, 4.69) is 4.98 Å². The number of nitrogens with one attached hydrogen (secondary N) is 1. The molecule has 0 aromatic carbocycles. The summed E-state index contributed by atoms with van der Waals surface area (Å²) in [6, 6.07) is 4.71. The van der Waals surface area contributed by atoms with Crippen LogP contribution in [0.4, 0.5) is 4.79 Å². The summed E-state index contributed by atoms with van der Waals surface area (Å²) in [5.74, 6) is 1.56. The fourth-order valence-electron chi connectivity index (χ4n) is 6.71. The first-order chi connectivity index (χ1) is 15.0. The Hall–Kier alpha value is -2.13. The van der Waals surface area contributed by atoms with Crippen LogP contribution in [0.5, 0.6) is 0 Å². The van der Waals surface area contributed by atoms with Gasteiger partial charge in [-0.3, -0.25) is 24.7 Å². The number of nitrogens with zero attached hydrogens (tertiary/aromatic N) is 3. The Kier molecular flexibility index (Phi) is 5.42. The molecule has 0 spiro atoms. The molecule has 5 fully saturated rings. The average molecular weight is 445 g/mol. The number of rotatable bonds is 7. The number of hydrogen-bond acceptors (Lipinski definition) is 6. The van der Waals surface area contributed by atoms with Crippen molar-refractivity contribution in [1.29, 1.82) is 0 Å². The molecule has 4 saturated carbocycles. The molecule has 166 valence electrons. The number of hydroxylamine groups is 1. The van der Waals surface area contributed by atoms with E-state index in [0.717, 1.165) is 25.0 Å². The SMILES string of the molecule is O=C(CSCC1C(=O)N(C23CC4CC(CC(C4)C2)C3)C(=O)N1Cc1ccccn1)NO. The number of amides is 4. The Labute approximate surface area is 185 Å². The summed E-state index contributed by atoms with van der Waals surface area (Å²) in [5, 5.41) is 8.75. The third-order valence-corrected chi connectivity index (χ3v) is 8.51. The zero-order valence-electron chi connectivity index (χ0n) is 17.4. The van der Waals surface area contributed by atoms with E-state index in [-0.39, 0.29) is 29.8 Å². The highest BCUT2D eigenvalue weighted by Gasteiger charge is 2.60. The zero-order chi connectivity index (χ0) is 21.6. The van der Waals surface area contributed by atoms with Crippen LogP contribution < -0.4 is 5.48 Å². The minimum absolute atomic E-state index is 0.0310.